The number of aliphatic hydroxyl groups excluding tert-OH is 1. The van der Waals surface area contributed by atoms with Gasteiger partial charge in [0.15, 0.2) is 0 Å². The zero-order chi connectivity index (χ0) is 20.6. The molecule has 2 aromatic rings. The van der Waals surface area contributed by atoms with Crippen LogP contribution in [-0.2, 0) is 16.0 Å². The van der Waals surface area contributed by atoms with Crippen LogP contribution in [0.4, 0.5) is 0 Å². The van der Waals surface area contributed by atoms with Gasteiger partial charge in [-0.1, -0.05) is 54.3 Å². The van der Waals surface area contributed by atoms with E-state index < -0.39 is 0 Å². The molecular weight excluding hydrogens is 408 g/mol. The molecule has 1 aromatic heterocycles. The molecule has 6 nitrogen and oxygen atoms in total. The Hall–Kier alpha value is -2.42. The van der Waals surface area contributed by atoms with Crippen LogP contribution in [0.25, 0.3) is 6.08 Å². The zero-order valence-corrected chi connectivity index (χ0v) is 17.4. The van der Waals surface area contributed by atoms with Gasteiger partial charge in [-0.15, -0.1) is 0 Å². The molecule has 0 aliphatic carbocycles. The van der Waals surface area contributed by atoms with Crippen molar-refractivity contribution in [2.45, 2.75) is 25.3 Å². The van der Waals surface area contributed by atoms with Crippen molar-refractivity contribution >= 4 is 46.2 Å². The molecule has 1 aliphatic rings. The van der Waals surface area contributed by atoms with Gasteiger partial charge in [0.05, 0.1) is 23.8 Å². The van der Waals surface area contributed by atoms with Crippen LogP contribution in [0.2, 0.25) is 0 Å². The summed E-state index contributed by atoms with van der Waals surface area (Å²) in [7, 11) is 0. The normalized spacial score (nSPS) is 16.4. The number of carbonyl (C=O) groups excluding carboxylic acids is 2. The number of rotatable bonds is 9. The molecular formula is C21H22N2O4S2. The van der Waals surface area contributed by atoms with Gasteiger partial charge in [0.1, 0.15) is 10.1 Å². The molecule has 2 N–H and O–H groups in total. The number of thiocarbonyl (C=S) groups is 1. The van der Waals surface area contributed by atoms with E-state index in [9.17, 15) is 14.7 Å². The largest absolute Gasteiger partial charge is 0.465 e. The highest BCUT2D eigenvalue weighted by atomic mass is 32.2. The van der Waals surface area contributed by atoms with Gasteiger partial charge in [-0.2, -0.15) is 0 Å². The third-order valence-electron chi connectivity index (χ3n) is 4.39. The molecule has 0 unspecified atom stereocenters. The van der Waals surface area contributed by atoms with Crippen molar-refractivity contribution in [2.75, 3.05) is 13.2 Å². The summed E-state index contributed by atoms with van der Waals surface area (Å²) in [5.41, 5.74) is 1.05. The maximum atomic E-state index is 12.5. The van der Waals surface area contributed by atoms with Crippen molar-refractivity contribution in [3.05, 3.63) is 65.0 Å². The highest BCUT2D eigenvalue weighted by molar-refractivity contribution is 8.26. The molecule has 0 radical (unpaired) electrons. The van der Waals surface area contributed by atoms with Crippen LogP contribution in [-0.4, -0.2) is 45.3 Å². The summed E-state index contributed by atoms with van der Waals surface area (Å²) < 4.78 is 5.72. The Labute approximate surface area is 179 Å². The Morgan fingerprint density at radius 1 is 1.28 bits per heavy atom. The van der Waals surface area contributed by atoms with Crippen LogP contribution in [0.1, 0.15) is 24.2 Å². The standard InChI is InChI=1S/C21H22N2O4S2/c24-14-16(12-15-6-2-1-3-7-15)22-19(25)9-4-10-23-20(26)18(29-21(23)28)13-17-8-5-11-27-17/h1-3,5-8,11,13,16,24H,4,9-10,12,14H2,(H,22,25)/b18-13-/t16-/m1/s1. The minimum Gasteiger partial charge on any atom is -0.465 e. The van der Waals surface area contributed by atoms with Crippen LogP contribution in [0, 0.1) is 0 Å². The molecule has 1 saturated heterocycles. The van der Waals surface area contributed by atoms with E-state index in [1.54, 1.807) is 24.5 Å². The first-order valence-electron chi connectivity index (χ1n) is 9.30. The topological polar surface area (TPSA) is 82.8 Å². The lowest BCUT2D eigenvalue weighted by molar-refractivity contribution is -0.124. The number of nitrogens with one attached hydrogen (secondary N) is 1. The van der Waals surface area contributed by atoms with E-state index in [1.165, 1.54) is 16.7 Å². The van der Waals surface area contributed by atoms with E-state index in [0.717, 1.165) is 5.56 Å². The molecule has 1 atom stereocenters. The maximum absolute atomic E-state index is 12.5. The second kappa shape index (κ2) is 10.4. The van der Waals surface area contributed by atoms with E-state index >= 15 is 0 Å². The molecule has 29 heavy (non-hydrogen) atoms. The first-order valence-corrected chi connectivity index (χ1v) is 10.5. The Balaban J connectivity index is 1.46. The van der Waals surface area contributed by atoms with Gasteiger partial charge in [-0.25, -0.2) is 0 Å². The maximum Gasteiger partial charge on any atom is 0.266 e. The summed E-state index contributed by atoms with van der Waals surface area (Å²) >= 11 is 6.52. The summed E-state index contributed by atoms with van der Waals surface area (Å²) in [6, 6.07) is 12.9. The zero-order valence-electron chi connectivity index (χ0n) is 15.7. The third kappa shape index (κ3) is 6.03. The van der Waals surface area contributed by atoms with Gasteiger partial charge in [0.2, 0.25) is 5.91 Å². The molecule has 0 spiro atoms. The third-order valence-corrected chi connectivity index (χ3v) is 5.76. The van der Waals surface area contributed by atoms with Crippen molar-refractivity contribution in [1.82, 2.24) is 10.2 Å². The van der Waals surface area contributed by atoms with Gasteiger partial charge >= 0.3 is 0 Å². The lowest BCUT2D eigenvalue weighted by Crippen LogP contribution is -2.39. The van der Waals surface area contributed by atoms with Crippen molar-refractivity contribution in [2.24, 2.45) is 0 Å². The highest BCUT2D eigenvalue weighted by Crippen LogP contribution is 2.32. The first kappa shape index (κ1) is 21.3. The summed E-state index contributed by atoms with van der Waals surface area (Å²) in [6.45, 7) is 0.239. The summed E-state index contributed by atoms with van der Waals surface area (Å²) in [6.07, 6.45) is 4.51. The molecule has 1 aromatic carbocycles. The fraction of sp³-hybridized carbons (Fsp3) is 0.286. The van der Waals surface area contributed by atoms with Crippen molar-refractivity contribution in [3.63, 3.8) is 0 Å². The quantitative estimate of drug-likeness (QED) is 0.470. The first-order chi connectivity index (χ1) is 14.1. The van der Waals surface area contributed by atoms with Crippen LogP contribution < -0.4 is 5.32 Å². The van der Waals surface area contributed by atoms with Gasteiger partial charge in [0, 0.05) is 19.0 Å². The summed E-state index contributed by atoms with van der Waals surface area (Å²) in [5.74, 6) is 0.268. The number of hydrogen-bond acceptors (Lipinski definition) is 6. The van der Waals surface area contributed by atoms with Gasteiger partial charge in [0.25, 0.3) is 5.91 Å². The number of nitrogens with zero attached hydrogens (tertiary/aromatic N) is 1. The molecule has 3 rings (SSSR count). The fourth-order valence-electron chi connectivity index (χ4n) is 2.95. The van der Waals surface area contributed by atoms with Crippen LogP contribution >= 0.6 is 24.0 Å². The summed E-state index contributed by atoms with van der Waals surface area (Å²) in [4.78, 5) is 26.8. The van der Waals surface area contributed by atoms with Crippen LogP contribution in [0.15, 0.2) is 58.1 Å². The SMILES string of the molecule is O=C(CCCN1C(=O)/C(=C/c2ccco2)SC1=S)N[C@@H](CO)Cc1ccccc1. The number of thioether (sulfide) groups is 1. The van der Waals surface area contributed by atoms with Crippen molar-refractivity contribution in [3.8, 4) is 0 Å². The Morgan fingerprint density at radius 3 is 2.76 bits per heavy atom. The van der Waals surface area contributed by atoms with Crippen LogP contribution in [0.5, 0.6) is 0 Å². The molecule has 2 heterocycles. The van der Waals surface area contributed by atoms with Gasteiger partial charge < -0.3 is 14.8 Å². The summed E-state index contributed by atoms with van der Waals surface area (Å²) in [5, 5.41) is 12.4. The van der Waals surface area contributed by atoms with Crippen molar-refractivity contribution < 1.29 is 19.1 Å². The monoisotopic (exact) mass is 430 g/mol. The highest BCUT2D eigenvalue weighted by Gasteiger charge is 2.31. The molecule has 2 amide bonds. The number of benzene rings is 1. The predicted molar refractivity (Wildman–Crippen MR) is 117 cm³/mol. The van der Waals surface area contributed by atoms with E-state index in [-0.39, 0.29) is 30.9 Å². The Bertz CT molecular complexity index is 881. The number of carbonyl (C=O) groups is 2. The number of hydrogen-bond donors (Lipinski definition) is 2. The average Bonchev–Trinajstić information content (AvgIpc) is 3.32. The minimum absolute atomic E-state index is 0.132. The Kier molecular flexibility index (Phi) is 7.62. The number of furan rings is 1. The molecule has 1 fully saturated rings. The van der Waals surface area contributed by atoms with E-state index in [0.29, 0.717) is 34.4 Å². The lowest BCUT2D eigenvalue weighted by atomic mass is 10.1. The fourth-order valence-corrected chi connectivity index (χ4v) is 4.24. The van der Waals surface area contributed by atoms with E-state index in [1.807, 2.05) is 30.3 Å². The molecule has 1 aliphatic heterocycles. The molecule has 8 heteroatoms. The van der Waals surface area contributed by atoms with Gasteiger partial charge in [-0.3, -0.25) is 14.5 Å². The van der Waals surface area contributed by atoms with E-state index in [4.69, 9.17) is 16.6 Å². The Morgan fingerprint density at radius 2 is 2.07 bits per heavy atom. The number of aliphatic hydroxyl groups is 1. The minimum atomic E-state index is -0.335. The molecule has 0 saturated carbocycles. The van der Waals surface area contributed by atoms with E-state index in [2.05, 4.69) is 5.32 Å². The second-order valence-electron chi connectivity index (χ2n) is 6.59. The van der Waals surface area contributed by atoms with Crippen LogP contribution in [0.3, 0.4) is 0 Å². The number of amides is 2. The predicted octanol–water partition coefficient (Wildman–Crippen LogP) is 2.98. The van der Waals surface area contributed by atoms with Gasteiger partial charge in [-0.05, 0) is 30.5 Å². The lowest BCUT2D eigenvalue weighted by Gasteiger charge is -2.17. The average molecular weight is 431 g/mol. The molecule has 152 valence electrons. The molecule has 0 bridgehead atoms. The smallest absolute Gasteiger partial charge is 0.266 e. The van der Waals surface area contributed by atoms with Crippen molar-refractivity contribution in [1.29, 1.82) is 0 Å². The second-order valence-corrected chi connectivity index (χ2v) is 8.26.